The molecule has 0 unspecified atom stereocenters. The van der Waals surface area contributed by atoms with E-state index in [2.05, 4.69) is 19.9 Å². The van der Waals surface area contributed by atoms with Gasteiger partial charge in [-0.2, -0.15) is 0 Å². The van der Waals surface area contributed by atoms with E-state index in [4.69, 9.17) is 5.73 Å². The van der Waals surface area contributed by atoms with Crippen LogP contribution in [-0.4, -0.2) is 33.9 Å². The van der Waals surface area contributed by atoms with Gasteiger partial charge in [0.15, 0.2) is 11.6 Å². The number of pyridine rings is 1. The smallest absolute Gasteiger partial charge is 0.252 e. The summed E-state index contributed by atoms with van der Waals surface area (Å²) in [6.07, 6.45) is 6.46. The summed E-state index contributed by atoms with van der Waals surface area (Å²) in [7, 11) is 0. The normalized spacial score (nSPS) is 15.0. The summed E-state index contributed by atoms with van der Waals surface area (Å²) in [6.45, 7) is 1.49. The van der Waals surface area contributed by atoms with Gasteiger partial charge < -0.3 is 15.6 Å². The Bertz CT molecular complexity index is 1010. The highest BCUT2D eigenvalue weighted by Gasteiger charge is 2.25. The summed E-state index contributed by atoms with van der Waals surface area (Å²) in [5.41, 5.74) is 7.87. The maximum absolute atomic E-state index is 13.5. The second-order valence-electron chi connectivity index (χ2n) is 6.83. The van der Waals surface area contributed by atoms with Crippen LogP contribution in [0.25, 0.3) is 11.3 Å². The zero-order valence-electron chi connectivity index (χ0n) is 15.0. The SMILES string of the molecule is NC(=O)c1cnccc1N1CCC(c2ncc(-c3ccc(F)c(F)c3)[nH]2)CC1. The minimum Gasteiger partial charge on any atom is -0.371 e. The number of H-pyrrole nitrogens is 1. The monoisotopic (exact) mass is 383 g/mol. The molecule has 0 spiro atoms. The fraction of sp³-hybridized carbons (Fsp3) is 0.250. The van der Waals surface area contributed by atoms with Gasteiger partial charge in [-0.25, -0.2) is 13.8 Å². The first-order valence-electron chi connectivity index (χ1n) is 9.02. The highest BCUT2D eigenvalue weighted by atomic mass is 19.2. The van der Waals surface area contributed by atoms with Crippen LogP contribution in [-0.2, 0) is 0 Å². The lowest BCUT2D eigenvalue weighted by molar-refractivity contribution is 0.100. The lowest BCUT2D eigenvalue weighted by atomic mass is 9.95. The van der Waals surface area contributed by atoms with E-state index in [-0.39, 0.29) is 5.92 Å². The second kappa shape index (κ2) is 7.38. The Hall–Kier alpha value is -3.29. The van der Waals surface area contributed by atoms with E-state index in [9.17, 15) is 13.6 Å². The minimum atomic E-state index is -0.885. The van der Waals surface area contributed by atoms with Crippen molar-refractivity contribution in [2.24, 2.45) is 5.73 Å². The number of nitrogens with one attached hydrogen (secondary N) is 1. The first-order chi connectivity index (χ1) is 13.5. The third-order valence-electron chi connectivity index (χ3n) is 5.11. The quantitative estimate of drug-likeness (QED) is 0.724. The summed E-state index contributed by atoms with van der Waals surface area (Å²) in [6, 6.07) is 5.58. The van der Waals surface area contributed by atoms with Crippen molar-refractivity contribution < 1.29 is 13.6 Å². The third kappa shape index (κ3) is 3.45. The number of rotatable bonds is 4. The molecule has 3 heterocycles. The number of aromatic amines is 1. The zero-order chi connectivity index (χ0) is 19.7. The molecule has 8 heteroatoms. The maximum Gasteiger partial charge on any atom is 0.252 e. The molecular weight excluding hydrogens is 364 g/mol. The Morgan fingerprint density at radius 2 is 1.93 bits per heavy atom. The fourth-order valence-corrected chi connectivity index (χ4v) is 3.60. The van der Waals surface area contributed by atoms with Gasteiger partial charge in [-0.3, -0.25) is 9.78 Å². The van der Waals surface area contributed by atoms with E-state index < -0.39 is 17.5 Å². The standard InChI is InChI=1S/C20H19F2N5O/c21-15-2-1-13(9-16(15)22)17-11-25-20(26-17)12-4-7-27(8-5-12)18-3-6-24-10-14(18)19(23)28/h1-3,6,9-12H,4-5,7-8H2,(H2,23,28)(H,25,26). The molecule has 0 saturated carbocycles. The number of hydrogen-bond acceptors (Lipinski definition) is 4. The fourth-order valence-electron chi connectivity index (χ4n) is 3.60. The van der Waals surface area contributed by atoms with Crippen molar-refractivity contribution in [3.8, 4) is 11.3 Å². The van der Waals surface area contributed by atoms with Crippen molar-refractivity contribution in [3.63, 3.8) is 0 Å². The Morgan fingerprint density at radius 1 is 1.14 bits per heavy atom. The molecule has 3 N–H and O–H groups in total. The number of halogens is 2. The molecule has 1 saturated heterocycles. The molecule has 0 radical (unpaired) electrons. The molecule has 1 aliphatic heterocycles. The van der Waals surface area contributed by atoms with Crippen molar-refractivity contribution in [3.05, 3.63) is 65.9 Å². The molecule has 1 aliphatic rings. The van der Waals surface area contributed by atoms with E-state index in [0.29, 0.717) is 16.8 Å². The number of anilines is 1. The van der Waals surface area contributed by atoms with Crippen LogP contribution in [0.1, 0.15) is 34.9 Å². The van der Waals surface area contributed by atoms with Crippen LogP contribution in [0.15, 0.2) is 42.9 Å². The Balaban J connectivity index is 1.47. The van der Waals surface area contributed by atoms with Crippen LogP contribution in [0.3, 0.4) is 0 Å². The first-order valence-corrected chi connectivity index (χ1v) is 9.02. The highest BCUT2D eigenvalue weighted by Crippen LogP contribution is 2.31. The predicted octanol–water partition coefficient (Wildman–Crippen LogP) is 3.23. The molecule has 4 rings (SSSR count). The number of primary amides is 1. The van der Waals surface area contributed by atoms with Crippen molar-refractivity contribution in [1.29, 1.82) is 0 Å². The number of nitrogens with zero attached hydrogens (tertiary/aromatic N) is 3. The summed E-state index contributed by atoms with van der Waals surface area (Å²) >= 11 is 0. The first kappa shape index (κ1) is 18.1. The number of amides is 1. The van der Waals surface area contributed by atoms with Gasteiger partial charge in [-0.15, -0.1) is 0 Å². The van der Waals surface area contributed by atoms with Crippen LogP contribution >= 0.6 is 0 Å². The van der Waals surface area contributed by atoms with Gasteiger partial charge >= 0.3 is 0 Å². The Morgan fingerprint density at radius 3 is 2.64 bits per heavy atom. The Kier molecular flexibility index (Phi) is 4.77. The topological polar surface area (TPSA) is 87.9 Å². The molecule has 3 aromatic rings. The summed E-state index contributed by atoms with van der Waals surface area (Å²) in [5, 5.41) is 0. The molecule has 2 aromatic heterocycles. The van der Waals surface area contributed by atoms with Gasteiger partial charge in [0.2, 0.25) is 0 Å². The van der Waals surface area contributed by atoms with Gasteiger partial charge in [-0.05, 0) is 37.1 Å². The average Bonchev–Trinajstić information content (AvgIpc) is 3.20. The van der Waals surface area contributed by atoms with Crippen LogP contribution < -0.4 is 10.6 Å². The molecular formula is C20H19F2N5O. The van der Waals surface area contributed by atoms with Crippen molar-refractivity contribution >= 4 is 11.6 Å². The van der Waals surface area contributed by atoms with E-state index >= 15 is 0 Å². The Labute approximate surface area is 160 Å². The number of carbonyl (C=O) groups is 1. The van der Waals surface area contributed by atoms with Crippen LogP contribution in [0.5, 0.6) is 0 Å². The molecule has 144 valence electrons. The number of aromatic nitrogens is 3. The van der Waals surface area contributed by atoms with E-state index in [1.807, 2.05) is 0 Å². The van der Waals surface area contributed by atoms with Crippen molar-refractivity contribution in [2.75, 3.05) is 18.0 Å². The molecule has 1 amide bonds. The number of benzene rings is 1. The van der Waals surface area contributed by atoms with Crippen molar-refractivity contribution in [2.45, 2.75) is 18.8 Å². The maximum atomic E-state index is 13.5. The number of piperidine rings is 1. The third-order valence-corrected chi connectivity index (χ3v) is 5.11. The number of nitrogens with two attached hydrogens (primary N) is 1. The number of hydrogen-bond donors (Lipinski definition) is 2. The molecule has 28 heavy (non-hydrogen) atoms. The van der Waals surface area contributed by atoms with E-state index in [0.717, 1.165) is 49.6 Å². The summed E-state index contributed by atoms with van der Waals surface area (Å²) in [4.78, 5) is 25.4. The summed E-state index contributed by atoms with van der Waals surface area (Å²) < 4.78 is 26.6. The largest absolute Gasteiger partial charge is 0.371 e. The minimum absolute atomic E-state index is 0.217. The molecule has 6 nitrogen and oxygen atoms in total. The molecule has 1 fully saturated rings. The average molecular weight is 383 g/mol. The molecule has 0 atom stereocenters. The van der Waals surface area contributed by atoms with Gasteiger partial charge in [0, 0.05) is 37.0 Å². The molecule has 1 aromatic carbocycles. The zero-order valence-corrected chi connectivity index (χ0v) is 15.0. The number of carbonyl (C=O) groups excluding carboxylic acids is 1. The lowest BCUT2D eigenvalue weighted by Gasteiger charge is -2.33. The lowest BCUT2D eigenvalue weighted by Crippen LogP contribution is -2.34. The molecule has 0 bridgehead atoms. The van der Waals surface area contributed by atoms with Crippen LogP contribution in [0, 0.1) is 11.6 Å². The van der Waals surface area contributed by atoms with Gasteiger partial charge in [-0.1, -0.05) is 0 Å². The van der Waals surface area contributed by atoms with Crippen molar-refractivity contribution in [1.82, 2.24) is 15.0 Å². The predicted molar refractivity (Wildman–Crippen MR) is 101 cm³/mol. The van der Waals surface area contributed by atoms with Gasteiger partial charge in [0.25, 0.3) is 5.91 Å². The second-order valence-corrected chi connectivity index (χ2v) is 6.83. The van der Waals surface area contributed by atoms with Gasteiger partial charge in [0.05, 0.1) is 23.1 Å². The van der Waals surface area contributed by atoms with E-state index in [1.165, 1.54) is 12.3 Å². The molecule has 0 aliphatic carbocycles. The summed E-state index contributed by atoms with van der Waals surface area (Å²) in [5.74, 6) is -1.21. The number of imidazole rings is 1. The highest BCUT2D eigenvalue weighted by molar-refractivity contribution is 5.98. The van der Waals surface area contributed by atoms with E-state index in [1.54, 1.807) is 18.5 Å². The van der Waals surface area contributed by atoms with Gasteiger partial charge in [0.1, 0.15) is 5.82 Å². The van der Waals surface area contributed by atoms with Crippen LogP contribution in [0.4, 0.5) is 14.5 Å². The van der Waals surface area contributed by atoms with Crippen LogP contribution in [0.2, 0.25) is 0 Å².